The van der Waals surface area contributed by atoms with Crippen LogP contribution in [0.15, 0.2) is 134 Å². The second kappa shape index (κ2) is 55.8. The Balaban J connectivity index is 0.000000109. The Bertz CT molecular complexity index is 4330. The summed E-state index contributed by atoms with van der Waals surface area (Å²) in [6.45, 7) is 34.1. The standard InChI is InChI=1S/C10H13N.C9H17NO.C9H9NO.C9H11NO.C9H9NO.C8H7NO.C8H15N.C7H6N2O.2C7H13NO.2C7H13N.2C6H11NO.C5H9NO/c1-2-4-10-6-8-11-7-5-9(10)3-1;1-5-10-6-2-9(1)3-7-11-8-4-9;11-8-5-1-3-7-4-2-6-10-9(7)8;1-2-4-9-8(3-1)7-10-5-6-11-9;11-9-8-4-2-1-3-7(8)5-6-10-9;10-8-7-4-2-1-3-6(7)5-9-8;1-2-8(3-1)4-6-9-7-5-8;10-7-6-5(4-9-7)2-1-3-8-6;1-3-9-4-2-7(1)5-8-6-7;1-3-8-4-2-7(1)5-9-6-7;1-2-7(1)3-5-8-6-4-7;1-2-6-4-8-5-7(6)3-1;1-2-6-4-8-3-5(1)7-6;1-2-6-4-7-3-5(1)8-6;1-4-3-7-5(1)2-6-4/h1-4,11H,5-8H2;10H,1-8H2;2,4,6H,1,3,5H2;1-4,10H,5-7H2;1-4H,5-6H2,(H,10,11);1-4H,5H2,(H,9,10);9H,1-7H2;1-3H,4H2,(H,9,10);2*8H,1-6H2;8H,1-6H2;6-8H,1-5H2;2*5-7H,1-4H2;4-6H,1-3H2. The average molecular weight is 1940 g/mol. The first-order valence-electron chi connectivity index (χ1n) is 55.0. The molecule has 30 rings (SSSR count). The summed E-state index contributed by atoms with van der Waals surface area (Å²) >= 11 is 0. The van der Waals surface area contributed by atoms with Crippen LogP contribution >= 0.6 is 0 Å². The molecule has 15 saturated heterocycles. The molecule has 14 N–H and O–H groups in total. The van der Waals surface area contributed by atoms with E-state index >= 15 is 0 Å². The van der Waals surface area contributed by atoms with Crippen molar-refractivity contribution in [1.82, 2.24) is 84.4 Å². The minimum absolute atomic E-state index is 0.0515. The third kappa shape index (κ3) is 32.9. The van der Waals surface area contributed by atoms with Crippen LogP contribution in [-0.4, -0.2) is 260 Å². The van der Waals surface area contributed by atoms with E-state index in [9.17, 15) is 19.2 Å². The third-order valence-electron chi connectivity index (χ3n) is 33.5. The lowest BCUT2D eigenvalue weighted by molar-refractivity contribution is -0.127. The Labute approximate surface area is 840 Å². The van der Waals surface area contributed by atoms with Gasteiger partial charge in [0.15, 0.2) is 5.78 Å². The van der Waals surface area contributed by atoms with Crippen LogP contribution in [0.5, 0.6) is 5.75 Å². The van der Waals surface area contributed by atoms with E-state index in [2.05, 4.69) is 115 Å². The highest BCUT2D eigenvalue weighted by molar-refractivity contribution is 5.98. The molecule has 8 unspecified atom stereocenters. The normalized spacial score (nSPS) is 27.6. The largest absolute Gasteiger partial charge is 0.492 e. The fourth-order valence-corrected chi connectivity index (χ4v) is 23.6. The van der Waals surface area contributed by atoms with Crippen LogP contribution < -0.4 is 79.2 Å². The molecule has 2 aromatic heterocycles. The number of pyridine rings is 2. The van der Waals surface area contributed by atoms with Crippen molar-refractivity contribution in [2.24, 2.45) is 38.9 Å². The Hall–Kier alpha value is -7.62. The summed E-state index contributed by atoms with van der Waals surface area (Å²) in [6, 6.07) is 41.9. The van der Waals surface area contributed by atoms with E-state index in [1.807, 2.05) is 91.0 Å². The first-order chi connectivity index (χ1) is 69.3. The van der Waals surface area contributed by atoms with E-state index < -0.39 is 0 Å². The van der Waals surface area contributed by atoms with Crippen molar-refractivity contribution in [3.05, 3.63) is 195 Å². The Morgan fingerprint density at radius 3 is 1.30 bits per heavy atom. The van der Waals surface area contributed by atoms with Gasteiger partial charge in [0.1, 0.15) is 23.7 Å². The summed E-state index contributed by atoms with van der Waals surface area (Å²) in [5, 5.41) is 45.3. The molecule has 24 aliphatic rings. The van der Waals surface area contributed by atoms with Crippen molar-refractivity contribution >= 4 is 23.5 Å². The summed E-state index contributed by atoms with van der Waals surface area (Å²) in [6.07, 6.45) is 45.9. The number of ether oxygens (including phenoxy) is 7. The van der Waals surface area contributed by atoms with Crippen molar-refractivity contribution in [3.8, 4) is 5.75 Å². The lowest BCUT2D eigenvalue weighted by atomic mass is 9.63. The quantitative estimate of drug-likeness (QED) is 0.0672. The maximum Gasteiger partial charge on any atom is 0.270 e. The number of amides is 3. The van der Waals surface area contributed by atoms with Gasteiger partial charge in [-0.1, -0.05) is 104 Å². The molecular formula is C114H170N16O11. The van der Waals surface area contributed by atoms with Gasteiger partial charge in [-0.15, -0.1) is 0 Å². The number of ketones is 1. The lowest BCUT2D eigenvalue weighted by Crippen LogP contribution is -2.55. The number of carbonyl (C=O) groups is 4. The van der Waals surface area contributed by atoms with Crippen LogP contribution in [-0.2, 0) is 73.7 Å². The number of benzene rings is 4. The molecule has 0 radical (unpaired) electrons. The molecule has 3 saturated carbocycles. The van der Waals surface area contributed by atoms with Gasteiger partial charge in [-0.2, -0.15) is 0 Å². The first-order valence-corrected chi connectivity index (χ1v) is 55.0. The predicted molar refractivity (Wildman–Crippen MR) is 556 cm³/mol. The van der Waals surface area contributed by atoms with Gasteiger partial charge in [0.05, 0.1) is 51.3 Å². The Morgan fingerprint density at radius 1 is 0.312 bits per heavy atom. The highest BCUT2D eigenvalue weighted by Gasteiger charge is 2.44. The molecule has 20 aliphatic heterocycles. The average Bonchev–Trinajstić information content (AvgIpc) is 1.54. The van der Waals surface area contributed by atoms with Gasteiger partial charge in [0, 0.05) is 156 Å². The number of Topliss-reactive ketones (excluding diaryl/α,β-unsaturated/α-hetero) is 1. The van der Waals surface area contributed by atoms with Crippen LogP contribution in [0.25, 0.3) is 0 Å². The SMILES string of the molecule is C1CC2(C1)CCNCC2.C1CC2(CCN1)CC2.C1CC2(CCN1)CCOCC2.C1CC2(CCN1)COC2.C1CC2(CCO1)CNC2.C1CC2CNCC1O2.C1CC2CNCC2C1.C1CC2COCC1N2.C1OC2CNC1C2.O=C1CCCc2cccnc21.O=C1NCCc2ccccc21.O=C1NCc2ccccc21.O=C1NCc2cccnc21.c1ccc2c(c1)CCNCC2.c1ccc2c(c1)CNCCO2. The van der Waals surface area contributed by atoms with Crippen LogP contribution in [0, 0.1) is 38.9 Å². The number of rotatable bonds is 0. The van der Waals surface area contributed by atoms with Crippen LogP contribution in [0.2, 0.25) is 0 Å². The fraction of sp³-hybridized carbons (Fsp3) is 0.667. The molecule has 6 aromatic rings. The number of para-hydroxylation sites is 1. The second-order valence-electron chi connectivity index (χ2n) is 43.5. The number of nitrogens with one attached hydrogen (secondary N) is 14. The predicted octanol–water partition coefficient (Wildman–Crippen LogP) is 12.0. The monoisotopic (exact) mass is 1940 g/mol. The van der Waals surface area contributed by atoms with Crippen molar-refractivity contribution in [2.45, 2.75) is 255 Å². The summed E-state index contributed by atoms with van der Waals surface area (Å²) in [5.74, 6) is 3.41. The molecule has 27 nitrogen and oxygen atoms in total. The van der Waals surface area contributed by atoms with E-state index in [1.54, 1.807) is 12.4 Å². The van der Waals surface area contributed by atoms with Gasteiger partial charge in [0.25, 0.3) is 17.7 Å². The number of nitrogens with zero attached hydrogens (tertiary/aromatic N) is 2. The van der Waals surface area contributed by atoms with E-state index in [-0.39, 0.29) is 23.5 Å². The van der Waals surface area contributed by atoms with Gasteiger partial charge in [-0.05, 0) is 350 Å². The second-order valence-corrected chi connectivity index (χ2v) is 43.5. The number of aromatic nitrogens is 2. The minimum Gasteiger partial charge on any atom is -0.492 e. The maximum atomic E-state index is 11.2. The molecule has 8 atom stereocenters. The summed E-state index contributed by atoms with van der Waals surface area (Å²) in [4.78, 5) is 52.2. The van der Waals surface area contributed by atoms with Gasteiger partial charge in [-0.25, -0.2) is 0 Å². The van der Waals surface area contributed by atoms with E-state index in [1.165, 1.54) is 269 Å². The summed E-state index contributed by atoms with van der Waals surface area (Å²) in [5.41, 5.74) is 15.3. The lowest BCUT2D eigenvalue weighted by Gasteiger charge is -2.45. The van der Waals surface area contributed by atoms with Gasteiger partial charge in [-0.3, -0.25) is 29.1 Å². The molecule has 4 aromatic carbocycles. The van der Waals surface area contributed by atoms with Crippen LogP contribution in [0.1, 0.15) is 254 Å². The zero-order valence-corrected chi connectivity index (χ0v) is 84.8. The van der Waals surface area contributed by atoms with Crippen molar-refractivity contribution in [1.29, 1.82) is 0 Å². The minimum atomic E-state index is -0.0596. The smallest absolute Gasteiger partial charge is 0.270 e. The van der Waals surface area contributed by atoms with Crippen LogP contribution in [0.4, 0.5) is 0 Å². The zero-order chi connectivity index (χ0) is 96.7. The third-order valence-corrected chi connectivity index (χ3v) is 33.5. The van der Waals surface area contributed by atoms with E-state index in [0.29, 0.717) is 83.6 Å². The van der Waals surface area contributed by atoms with Crippen molar-refractivity contribution < 1.29 is 52.3 Å². The molecule has 772 valence electrons. The fourth-order valence-electron chi connectivity index (χ4n) is 23.6. The maximum absolute atomic E-state index is 11.2. The molecule has 5 spiro atoms. The molecule has 141 heavy (non-hydrogen) atoms. The topological polar surface area (TPSA) is 327 Å². The molecule has 6 bridgehead atoms. The molecule has 27 heteroatoms. The van der Waals surface area contributed by atoms with Gasteiger partial charge >= 0.3 is 0 Å². The number of fused-ring (bicyclic) bond motifs is 13. The van der Waals surface area contributed by atoms with Crippen LogP contribution in [0.3, 0.4) is 0 Å². The number of carbonyl (C=O) groups excluding carboxylic acids is 4. The van der Waals surface area contributed by atoms with Crippen molar-refractivity contribution in [3.63, 3.8) is 0 Å². The number of hydrogen-bond acceptors (Lipinski definition) is 24. The molecular weight excluding hydrogens is 1770 g/mol. The number of piperidine rings is 4. The molecule has 3 amide bonds. The van der Waals surface area contributed by atoms with E-state index in [4.69, 9.17) is 33.2 Å². The summed E-state index contributed by atoms with van der Waals surface area (Å²) in [7, 11) is 0. The first kappa shape index (κ1) is 106. The van der Waals surface area contributed by atoms with E-state index in [0.717, 1.165) is 199 Å². The summed E-state index contributed by atoms with van der Waals surface area (Å²) < 4.78 is 37.4. The zero-order valence-electron chi connectivity index (χ0n) is 84.8. The highest BCUT2D eigenvalue weighted by atomic mass is 16.5. The Kier molecular flexibility index (Phi) is 42.0. The molecule has 18 fully saturated rings. The highest BCUT2D eigenvalue weighted by Crippen LogP contribution is 2.52. The Morgan fingerprint density at radius 2 is 0.816 bits per heavy atom. The number of hydrogen-bond donors (Lipinski definition) is 14. The van der Waals surface area contributed by atoms with Gasteiger partial charge < -0.3 is 108 Å². The van der Waals surface area contributed by atoms with Crippen molar-refractivity contribution in [2.75, 3.05) is 190 Å². The number of aryl methyl sites for hydroxylation is 1. The molecule has 4 aliphatic carbocycles. The molecule has 22 heterocycles. The van der Waals surface area contributed by atoms with Gasteiger partial charge in [0.2, 0.25) is 0 Å². The number of morpholine rings is 3.